The highest BCUT2D eigenvalue weighted by atomic mass is 16.6. The van der Waals surface area contributed by atoms with Gasteiger partial charge < -0.3 is 14.2 Å². The number of allylic oxidation sites excluding steroid dienone is 10. The minimum absolute atomic E-state index is 0.0705. The molecular formula is C69H124O6. The summed E-state index contributed by atoms with van der Waals surface area (Å²) in [5.74, 6) is -0.854. The normalized spacial score (nSPS) is 12.4. The van der Waals surface area contributed by atoms with Crippen LogP contribution < -0.4 is 0 Å². The number of carbonyl (C=O) groups is 3. The van der Waals surface area contributed by atoms with Crippen molar-refractivity contribution < 1.29 is 28.6 Å². The van der Waals surface area contributed by atoms with Crippen LogP contribution in [0.5, 0.6) is 0 Å². The van der Waals surface area contributed by atoms with Crippen LogP contribution in [0.3, 0.4) is 0 Å². The van der Waals surface area contributed by atoms with Crippen LogP contribution in [-0.4, -0.2) is 37.2 Å². The van der Waals surface area contributed by atoms with Crippen LogP contribution in [0.15, 0.2) is 60.8 Å². The van der Waals surface area contributed by atoms with Gasteiger partial charge in [0.25, 0.3) is 0 Å². The fraction of sp³-hybridized carbons (Fsp3) is 0.812. The van der Waals surface area contributed by atoms with Crippen molar-refractivity contribution in [1.82, 2.24) is 0 Å². The van der Waals surface area contributed by atoms with Gasteiger partial charge in [-0.1, -0.05) is 319 Å². The predicted molar refractivity (Wildman–Crippen MR) is 325 cm³/mol. The molecule has 1 atom stereocenters. The molecule has 0 aromatic heterocycles. The van der Waals surface area contributed by atoms with Crippen LogP contribution in [0.25, 0.3) is 0 Å². The van der Waals surface area contributed by atoms with Gasteiger partial charge in [-0.05, 0) is 64.2 Å². The summed E-state index contributed by atoms with van der Waals surface area (Å²) in [7, 11) is 0. The molecule has 0 aliphatic rings. The number of hydrogen-bond donors (Lipinski definition) is 0. The molecule has 0 aliphatic heterocycles. The van der Waals surface area contributed by atoms with Crippen molar-refractivity contribution in [1.29, 1.82) is 0 Å². The molecule has 0 heterocycles. The maximum absolute atomic E-state index is 12.9. The van der Waals surface area contributed by atoms with Crippen molar-refractivity contribution in [3.05, 3.63) is 60.8 Å². The molecule has 0 radical (unpaired) electrons. The van der Waals surface area contributed by atoms with E-state index in [9.17, 15) is 14.4 Å². The van der Waals surface area contributed by atoms with E-state index >= 15 is 0 Å². The lowest BCUT2D eigenvalue weighted by molar-refractivity contribution is -0.167. The fourth-order valence-corrected chi connectivity index (χ4v) is 9.65. The Morgan fingerprint density at radius 2 is 0.520 bits per heavy atom. The second kappa shape index (κ2) is 63.6. The number of ether oxygens (including phenoxy) is 3. The summed E-state index contributed by atoms with van der Waals surface area (Å²) < 4.78 is 17.0. The molecule has 0 bridgehead atoms. The van der Waals surface area contributed by atoms with Crippen LogP contribution in [0.1, 0.15) is 342 Å². The van der Waals surface area contributed by atoms with Gasteiger partial charge in [0.05, 0.1) is 0 Å². The maximum Gasteiger partial charge on any atom is 0.306 e. The molecule has 0 rings (SSSR count). The Bertz CT molecular complexity index is 1340. The van der Waals surface area contributed by atoms with E-state index in [1.807, 2.05) is 0 Å². The Hall–Kier alpha value is -2.89. The summed E-state index contributed by atoms with van der Waals surface area (Å²) in [6.45, 7) is 6.58. The largest absolute Gasteiger partial charge is 0.462 e. The van der Waals surface area contributed by atoms with Crippen molar-refractivity contribution in [2.24, 2.45) is 0 Å². The first-order valence-corrected chi connectivity index (χ1v) is 32.8. The fourth-order valence-electron chi connectivity index (χ4n) is 9.65. The van der Waals surface area contributed by atoms with Crippen LogP contribution in [-0.2, 0) is 28.6 Å². The standard InChI is InChI=1S/C69H124O6/c1-4-7-10-13-16-19-22-25-28-30-32-33-34-35-36-37-38-40-41-44-47-50-53-56-59-62-68(71)74-65-66(64-73-67(70)61-58-55-52-49-46-43-27-24-21-18-15-12-9-6-3)75-69(72)63-60-57-54-51-48-45-42-39-31-29-26-23-20-17-14-11-8-5-2/h7,10,16,19,25,28,32-33,35-36,66H,4-6,8-9,11-15,17-18,20-24,26-27,29-31,34,37-65H2,1-3H3/b10-7-,19-16-,28-25-,33-32-,36-35-. The highest BCUT2D eigenvalue weighted by Crippen LogP contribution is 2.18. The Morgan fingerprint density at radius 1 is 0.280 bits per heavy atom. The topological polar surface area (TPSA) is 78.9 Å². The Kier molecular flexibility index (Phi) is 61.2. The van der Waals surface area contributed by atoms with Crippen LogP contribution >= 0.6 is 0 Å². The molecule has 0 aliphatic carbocycles. The van der Waals surface area contributed by atoms with Gasteiger partial charge in [-0.3, -0.25) is 14.4 Å². The van der Waals surface area contributed by atoms with Crippen molar-refractivity contribution in [2.75, 3.05) is 13.2 Å². The Balaban J connectivity index is 4.30. The van der Waals surface area contributed by atoms with E-state index in [2.05, 4.69) is 81.5 Å². The molecule has 6 nitrogen and oxygen atoms in total. The molecule has 75 heavy (non-hydrogen) atoms. The van der Waals surface area contributed by atoms with Gasteiger partial charge in [0.2, 0.25) is 0 Å². The summed E-state index contributed by atoms with van der Waals surface area (Å²) >= 11 is 0. The minimum atomic E-state index is -0.774. The van der Waals surface area contributed by atoms with Gasteiger partial charge >= 0.3 is 17.9 Å². The van der Waals surface area contributed by atoms with Crippen molar-refractivity contribution in [3.63, 3.8) is 0 Å². The van der Waals surface area contributed by atoms with Gasteiger partial charge in [-0.2, -0.15) is 0 Å². The third-order valence-corrected chi connectivity index (χ3v) is 14.5. The second-order valence-corrected chi connectivity index (χ2v) is 22.0. The lowest BCUT2D eigenvalue weighted by Gasteiger charge is -2.18. The summed E-state index contributed by atoms with van der Waals surface area (Å²) in [5, 5.41) is 0. The molecule has 0 spiro atoms. The number of hydrogen-bond acceptors (Lipinski definition) is 6. The number of esters is 3. The van der Waals surface area contributed by atoms with E-state index in [0.29, 0.717) is 19.3 Å². The highest BCUT2D eigenvalue weighted by Gasteiger charge is 2.19. The molecule has 6 heteroatoms. The molecule has 436 valence electrons. The zero-order chi connectivity index (χ0) is 54.3. The highest BCUT2D eigenvalue weighted by molar-refractivity contribution is 5.71. The smallest absolute Gasteiger partial charge is 0.306 e. The van der Waals surface area contributed by atoms with E-state index in [-0.39, 0.29) is 31.1 Å². The van der Waals surface area contributed by atoms with Crippen molar-refractivity contribution in [3.8, 4) is 0 Å². The van der Waals surface area contributed by atoms with E-state index in [1.54, 1.807) is 0 Å². The Morgan fingerprint density at radius 3 is 0.813 bits per heavy atom. The number of rotatable bonds is 60. The van der Waals surface area contributed by atoms with Gasteiger partial charge in [-0.25, -0.2) is 0 Å². The molecule has 0 saturated heterocycles. The van der Waals surface area contributed by atoms with Crippen LogP contribution in [0.4, 0.5) is 0 Å². The molecular weight excluding hydrogens is 925 g/mol. The van der Waals surface area contributed by atoms with E-state index < -0.39 is 6.10 Å². The third-order valence-electron chi connectivity index (χ3n) is 14.5. The molecule has 1 unspecified atom stereocenters. The van der Waals surface area contributed by atoms with Gasteiger partial charge in [0.15, 0.2) is 6.10 Å². The number of unbranched alkanes of at least 4 members (excludes halogenated alkanes) is 39. The first-order chi connectivity index (χ1) is 37.0. The minimum Gasteiger partial charge on any atom is -0.462 e. The third kappa shape index (κ3) is 61.8. The lowest BCUT2D eigenvalue weighted by Crippen LogP contribution is -2.30. The molecule has 0 aromatic carbocycles. The SMILES string of the molecule is CC/C=C\C/C=C\C/C=C\C/C=C\C/C=C\CCCCCCCCCCCC(=O)OCC(COC(=O)CCCCCCCCCCCCCCCC)OC(=O)CCCCCCCCCCCCCCCCCCCC. The summed E-state index contributed by atoms with van der Waals surface area (Å²) in [6, 6.07) is 0. The van der Waals surface area contributed by atoms with Crippen molar-refractivity contribution >= 4 is 17.9 Å². The first-order valence-electron chi connectivity index (χ1n) is 32.8. The summed E-state index contributed by atoms with van der Waals surface area (Å²) in [6.07, 6.45) is 80.8. The van der Waals surface area contributed by atoms with Gasteiger partial charge in [0, 0.05) is 19.3 Å². The average molecular weight is 1050 g/mol. The van der Waals surface area contributed by atoms with E-state index in [1.165, 1.54) is 205 Å². The summed E-state index contributed by atoms with van der Waals surface area (Å²) in [4.78, 5) is 38.3. The van der Waals surface area contributed by atoms with Gasteiger partial charge in [0.1, 0.15) is 13.2 Å². The van der Waals surface area contributed by atoms with Crippen LogP contribution in [0.2, 0.25) is 0 Å². The van der Waals surface area contributed by atoms with Gasteiger partial charge in [-0.15, -0.1) is 0 Å². The molecule has 0 amide bonds. The second-order valence-electron chi connectivity index (χ2n) is 22.0. The molecule has 0 N–H and O–H groups in total. The van der Waals surface area contributed by atoms with E-state index in [0.717, 1.165) is 96.3 Å². The maximum atomic E-state index is 12.9. The van der Waals surface area contributed by atoms with Crippen LogP contribution in [0, 0.1) is 0 Å². The molecule has 0 fully saturated rings. The molecule has 0 saturated carbocycles. The Labute approximate surface area is 466 Å². The average Bonchev–Trinajstić information content (AvgIpc) is 3.41. The lowest BCUT2D eigenvalue weighted by atomic mass is 10.0. The zero-order valence-corrected chi connectivity index (χ0v) is 50.1. The molecule has 0 aromatic rings. The first kappa shape index (κ1) is 72.1. The van der Waals surface area contributed by atoms with Crippen molar-refractivity contribution in [2.45, 2.75) is 348 Å². The quantitative estimate of drug-likeness (QED) is 0.0261. The number of carbonyl (C=O) groups excluding carboxylic acids is 3. The monoisotopic (exact) mass is 1050 g/mol. The summed E-state index contributed by atoms with van der Waals surface area (Å²) in [5.41, 5.74) is 0. The predicted octanol–water partition coefficient (Wildman–Crippen LogP) is 22.3. The van der Waals surface area contributed by atoms with E-state index in [4.69, 9.17) is 14.2 Å². The zero-order valence-electron chi connectivity index (χ0n) is 50.1.